The van der Waals surface area contributed by atoms with Gasteiger partial charge in [-0.15, -0.1) is 0 Å². The van der Waals surface area contributed by atoms with Crippen molar-refractivity contribution in [3.05, 3.63) is 42.0 Å². The standard InChI is InChI=1S/C27H33N7O2S/c1-4-11-33(12-5-2)24-20(16-22-23(31-24)32-27(37-22)34-13-7-6-8-14-34)29-25(35)21-17-36-26(30-21)19-9-10-28-18(3)15-19/h9-10,15-17H,4-8,11-14H2,1-3H3,(H,29,35). The van der Waals surface area contributed by atoms with E-state index in [2.05, 4.69) is 38.9 Å². The molecule has 5 rings (SSSR count). The number of pyridine rings is 2. The lowest BCUT2D eigenvalue weighted by Gasteiger charge is -2.25. The Kier molecular flexibility index (Phi) is 7.64. The molecule has 4 aromatic rings. The second-order valence-electron chi connectivity index (χ2n) is 9.39. The van der Waals surface area contributed by atoms with Gasteiger partial charge in [-0.3, -0.25) is 9.78 Å². The van der Waals surface area contributed by atoms with Crippen molar-refractivity contribution >= 4 is 44.2 Å². The third-order valence-corrected chi connectivity index (χ3v) is 7.45. The summed E-state index contributed by atoms with van der Waals surface area (Å²) < 4.78 is 6.58. The number of amides is 1. The first kappa shape index (κ1) is 25.1. The molecule has 1 saturated heterocycles. The summed E-state index contributed by atoms with van der Waals surface area (Å²) in [5.41, 5.74) is 3.24. The number of anilines is 3. The molecule has 1 amide bonds. The Morgan fingerprint density at radius 3 is 2.62 bits per heavy atom. The maximum Gasteiger partial charge on any atom is 0.277 e. The zero-order chi connectivity index (χ0) is 25.8. The van der Waals surface area contributed by atoms with E-state index in [1.54, 1.807) is 17.5 Å². The van der Waals surface area contributed by atoms with Crippen molar-refractivity contribution < 1.29 is 9.21 Å². The molecule has 0 saturated carbocycles. The minimum Gasteiger partial charge on any atom is -0.444 e. The van der Waals surface area contributed by atoms with E-state index >= 15 is 0 Å². The summed E-state index contributed by atoms with van der Waals surface area (Å²) in [6, 6.07) is 5.69. The third kappa shape index (κ3) is 5.58. The van der Waals surface area contributed by atoms with Crippen LogP contribution in [0.5, 0.6) is 0 Å². The Balaban J connectivity index is 1.47. The molecule has 9 nitrogen and oxygen atoms in total. The summed E-state index contributed by atoms with van der Waals surface area (Å²) in [5, 5.41) is 4.07. The summed E-state index contributed by atoms with van der Waals surface area (Å²) >= 11 is 1.63. The summed E-state index contributed by atoms with van der Waals surface area (Å²) in [7, 11) is 0. The summed E-state index contributed by atoms with van der Waals surface area (Å²) in [6.07, 6.45) is 8.69. The molecule has 0 bridgehead atoms. The van der Waals surface area contributed by atoms with Gasteiger partial charge in [0.2, 0.25) is 5.89 Å². The van der Waals surface area contributed by atoms with Gasteiger partial charge < -0.3 is 19.5 Å². The van der Waals surface area contributed by atoms with Crippen LogP contribution in [0.25, 0.3) is 21.8 Å². The van der Waals surface area contributed by atoms with Gasteiger partial charge in [-0.05, 0) is 57.2 Å². The lowest BCUT2D eigenvalue weighted by atomic mass is 10.1. The average Bonchev–Trinajstić information content (AvgIpc) is 3.56. The Bertz CT molecular complexity index is 1370. The van der Waals surface area contributed by atoms with Crippen molar-refractivity contribution in [2.24, 2.45) is 0 Å². The lowest BCUT2D eigenvalue weighted by molar-refractivity contribution is 0.102. The van der Waals surface area contributed by atoms with E-state index in [1.165, 1.54) is 25.5 Å². The molecule has 10 heteroatoms. The number of oxazole rings is 1. The van der Waals surface area contributed by atoms with Crippen molar-refractivity contribution in [1.82, 2.24) is 19.9 Å². The number of hydrogen-bond acceptors (Lipinski definition) is 9. The topological polar surface area (TPSA) is 100 Å². The monoisotopic (exact) mass is 519 g/mol. The van der Waals surface area contributed by atoms with Crippen LogP contribution in [0.1, 0.15) is 62.1 Å². The first-order chi connectivity index (χ1) is 18.1. The van der Waals surface area contributed by atoms with Crippen molar-refractivity contribution in [1.29, 1.82) is 0 Å². The first-order valence-electron chi connectivity index (χ1n) is 13.1. The maximum absolute atomic E-state index is 13.3. The highest BCUT2D eigenvalue weighted by atomic mass is 32.1. The molecule has 0 aliphatic carbocycles. The van der Waals surface area contributed by atoms with Crippen LogP contribution in [0.2, 0.25) is 0 Å². The van der Waals surface area contributed by atoms with E-state index in [4.69, 9.17) is 14.4 Å². The number of carbonyl (C=O) groups is 1. The number of aryl methyl sites for hydroxylation is 1. The molecule has 0 unspecified atom stereocenters. The molecule has 0 spiro atoms. The van der Waals surface area contributed by atoms with Crippen molar-refractivity contribution in [2.45, 2.75) is 52.9 Å². The van der Waals surface area contributed by atoms with Gasteiger partial charge in [0.15, 0.2) is 22.3 Å². The molecule has 1 fully saturated rings. The van der Waals surface area contributed by atoms with Crippen molar-refractivity contribution in [3.63, 3.8) is 0 Å². The fourth-order valence-electron chi connectivity index (χ4n) is 4.64. The third-order valence-electron chi connectivity index (χ3n) is 6.39. The summed E-state index contributed by atoms with van der Waals surface area (Å²) in [4.78, 5) is 36.4. The van der Waals surface area contributed by atoms with Gasteiger partial charge >= 0.3 is 0 Å². The Morgan fingerprint density at radius 2 is 1.89 bits per heavy atom. The Labute approximate surface area is 221 Å². The van der Waals surface area contributed by atoms with Crippen LogP contribution in [0.3, 0.4) is 0 Å². The minimum atomic E-state index is -0.336. The van der Waals surface area contributed by atoms with Crippen molar-refractivity contribution in [3.8, 4) is 11.5 Å². The Morgan fingerprint density at radius 1 is 1.11 bits per heavy atom. The van der Waals surface area contributed by atoms with Crippen LogP contribution in [0, 0.1) is 6.92 Å². The molecular weight excluding hydrogens is 486 g/mol. The number of aromatic nitrogens is 4. The second kappa shape index (κ2) is 11.2. The normalized spacial score (nSPS) is 13.8. The number of fused-ring (bicyclic) bond motifs is 1. The van der Waals surface area contributed by atoms with Crippen LogP contribution >= 0.6 is 11.3 Å². The van der Waals surface area contributed by atoms with E-state index in [1.807, 2.05) is 25.1 Å². The van der Waals surface area contributed by atoms with Crippen LogP contribution in [-0.4, -0.2) is 52.0 Å². The van der Waals surface area contributed by atoms with Crippen LogP contribution in [-0.2, 0) is 0 Å². The molecule has 0 aromatic carbocycles. The number of nitrogens with one attached hydrogen (secondary N) is 1. The van der Waals surface area contributed by atoms with Gasteiger partial charge in [-0.25, -0.2) is 9.97 Å². The molecule has 1 aliphatic rings. The number of rotatable bonds is 9. The molecule has 37 heavy (non-hydrogen) atoms. The Hall–Kier alpha value is -3.53. The molecule has 0 radical (unpaired) electrons. The van der Waals surface area contributed by atoms with E-state index in [0.717, 1.165) is 71.6 Å². The van der Waals surface area contributed by atoms with Gasteiger partial charge in [0, 0.05) is 43.6 Å². The average molecular weight is 520 g/mol. The molecule has 194 valence electrons. The molecule has 0 atom stereocenters. The van der Waals surface area contributed by atoms with Crippen LogP contribution in [0.15, 0.2) is 35.1 Å². The lowest BCUT2D eigenvalue weighted by Crippen LogP contribution is -2.29. The fourth-order valence-corrected chi connectivity index (χ4v) is 5.64. The van der Waals surface area contributed by atoms with Crippen LogP contribution < -0.4 is 15.1 Å². The van der Waals surface area contributed by atoms with Gasteiger partial charge in [-0.1, -0.05) is 25.2 Å². The number of thiazole rings is 1. The number of piperidine rings is 1. The molecule has 1 aliphatic heterocycles. The summed E-state index contributed by atoms with van der Waals surface area (Å²) in [6.45, 7) is 9.93. The predicted octanol–water partition coefficient (Wildman–Crippen LogP) is 5.92. The first-order valence-corrected chi connectivity index (χ1v) is 13.9. The fraction of sp³-hybridized carbons (Fsp3) is 0.444. The van der Waals surface area contributed by atoms with Gasteiger partial charge in [0.05, 0.1) is 10.4 Å². The van der Waals surface area contributed by atoms with E-state index < -0.39 is 0 Å². The zero-order valence-corrected chi connectivity index (χ0v) is 22.5. The smallest absolute Gasteiger partial charge is 0.277 e. The van der Waals surface area contributed by atoms with Gasteiger partial charge in [-0.2, -0.15) is 4.98 Å². The number of hydrogen-bond donors (Lipinski definition) is 1. The maximum atomic E-state index is 13.3. The van der Waals surface area contributed by atoms with Crippen molar-refractivity contribution in [2.75, 3.05) is 41.3 Å². The second-order valence-corrected chi connectivity index (χ2v) is 10.4. The highest BCUT2D eigenvalue weighted by molar-refractivity contribution is 7.22. The highest BCUT2D eigenvalue weighted by Gasteiger charge is 2.22. The molecule has 5 heterocycles. The summed E-state index contributed by atoms with van der Waals surface area (Å²) in [5.74, 6) is 0.794. The quantitative estimate of drug-likeness (QED) is 0.291. The molecule has 4 aromatic heterocycles. The van der Waals surface area contributed by atoms with E-state index in [9.17, 15) is 4.79 Å². The highest BCUT2D eigenvalue weighted by Crippen LogP contribution is 2.35. The van der Waals surface area contributed by atoms with Crippen LogP contribution in [0.4, 0.5) is 16.6 Å². The largest absolute Gasteiger partial charge is 0.444 e. The number of nitrogens with zero attached hydrogens (tertiary/aromatic N) is 6. The van der Waals surface area contributed by atoms with E-state index in [0.29, 0.717) is 11.6 Å². The van der Waals surface area contributed by atoms with Gasteiger partial charge in [0.25, 0.3) is 5.91 Å². The van der Waals surface area contributed by atoms with Gasteiger partial charge in [0.1, 0.15) is 6.26 Å². The zero-order valence-electron chi connectivity index (χ0n) is 21.7. The molecule has 1 N–H and O–H groups in total. The SMILES string of the molecule is CCCN(CCC)c1nc2nc(N3CCCCC3)sc2cc1NC(=O)c1coc(-c2ccnc(C)c2)n1. The number of carbonyl (C=O) groups excluding carboxylic acids is 1. The predicted molar refractivity (Wildman–Crippen MR) is 149 cm³/mol. The van der Waals surface area contributed by atoms with E-state index in [-0.39, 0.29) is 11.6 Å². The molecular formula is C27H33N7O2S. The minimum absolute atomic E-state index is 0.214.